The Hall–Kier alpha value is -1.15. The van der Waals surface area contributed by atoms with E-state index in [0.29, 0.717) is 6.54 Å². The van der Waals surface area contributed by atoms with Gasteiger partial charge in [0.05, 0.1) is 6.54 Å². The van der Waals surface area contributed by atoms with E-state index < -0.39 is 0 Å². The predicted octanol–water partition coefficient (Wildman–Crippen LogP) is 3.29. The SMILES string of the molecule is CCCCC1CC1CNCC(=O)c1ccccc1. The highest BCUT2D eigenvalue weighted by molar-refractivity contribution is 5.97. The lowest BCUT2D eigenvalue weighted by Gasteiger charge is -2.04. The largest absolute Gasteiger partial charge is 0.309 e. The molecule has 1 aliphatic rings. The smallest absolute Gasteiger partial charge is 0.176 e. The van der Waals surface area contributed by atoms with Gasteiger partial charge in [0.25, 0.3) is 0 Å². The highest BCUT2D eigenvalue weighted by atomic mass is 16.1. The highest BCUT2D eigenvalue weighted by Gasteiger charge is 2.35. The van der Waals surface area contributed by atoms with Gasteiger partial charge in [0.15, 0.2) is 5.78 Å². The van der Waals surface area contributed by atoms with Gasteiger partial charge >= 0.3 is 0 Å². The second-order valence-corrected chi connectivity index (χ2v) is 5.32. The zero-order valence-corrected chi connectivity index (χ0v) is 11.2. The van der Waals surface area contributed by atoms with Crippen molar-refractivity contribution in [3.8, 4) is 0 Å². The standard InChI is InChI=1S/C16H23NO/c1-2-3-7-14-10-15(14)11-17-12-16(18)13-8-5-4-6-9-13/h4-6,8-9,14-15,17H,2-3,7,10-12H2,1H3. The lowest BCUT2D eigenvalue weighted by molar-refractivity contribution is 0.0991. The van der Waals surface area contributed by atoms with Crippen LogP contribution in [0.1, 0.15) is 43.0 Å². The average Bonchev–Trinajstić information content (AvgIpc) is 3.16. The van der Waals surface area contributed by atoms with Crippen molar-refractivity contribution in [1.82, 2.24) is 5.32 Å². The fourth-order valence-electron chi connectivity index (χ4n) is 2.48. The normalized spacial score (nSPS) is 21.8. The van der Waals surface area contributed by atoms with Crippen LogP contribution in [0.15, 0.2) is 30.3 Å². The van der Waals surface area contributed by atoms with Gasteiger partial charge in [-0.15, -0.1) is 0 Å². The van der Waals surface area contributed by atoms with E-state index in [1.165, 1.54) is 25.7 Å². The number of carbonyl (C=O) groups excluding carboxylic acids is 1. The maximum atomic E-state index is 11.8. The molecule has 2 heteroatoms. The molecule has 1 aromatic rings. The minimum Gasteiger partial charge on any atom is -0.309 e. The van der Waals surface area contributed by atoms with Crippen LogP contribution in [-0.2, 0) is 0 Å². The Balaban J connectivity index is 1.61. The van der Waals surface area contributed by atoms with Gasteiger partial charge in [0, 0.05) is 5.56 Å². The van der Waals surface area contributed by atoms with Gasteiger partial charge in [-0.3, -0.25) is 4.79 Å². The summed E-state index contributed by atoms with van der Waals surface area (Å²) in [5.41, 5.74) is 0.809. The second kappa shape index (κ2) is 6.69. The monoisotopic (exact) mass is 245 g/mol. The number of hydrogen-bond donors (Lipinski definition) is 1. The predicted molar refractivity (Wildman–Crippen MR) is 74.8 cm³/mol. The average molecular weight is 245 g/mol. The molecular weight excluding hydrogens is 222 g/mol. The molecule has 1 N–H and O–H groups in total. The van der Waals surface area contributed by atoms with Crippen molar-refractivity contribution in [2.24, 2.45) is 11.8 Å². The van der Waals surface area contributed by atoms with Crippen molar-refractivity contribution >= 4 is 5.78 Å². The molecule has 18 heavy (non-hydrogen) atoms. The minimum absolute atomic E-state index is 0.196. The fraction of sp³-hybridized carbons (Fsp3) is 0.562. The number of unbranched alkanes of at least 4 members (excludes halogenated alkanes) is 1. The molecule has 0 heterocycles. The Kier molecular flexibility index (Phi) is 4.94. The summed E-state index contributed by atoms with van der Waals surface area (Å²) in [7, 11) is 0. The summed E-state index contributed by atoms with van der Waals surface area (Å²) in [6.07, 6.45) is 5.37. The minimum atomic E-state index is 0.196. The van der Waals surface area contributed by atoms with E-state index in [0.717, 1.165) is 23.9 Å². The Morgan fingerprint density at radius 2 is 2.06 bits per heavy atom. The van der Waals surface area contributed by atoms with Gasteiger partial charge in [-0.1, -0.05) is 56.5 Å². The van der Waals surface area contributed by atoms with E-state index in [-0.39, 0.29) is 5.78 Å². The van der Waals surface area contributed by atoms with Crippen LogP contribution >= 0.6 is 0 Å². The molecule has 0 aliphatic heterocycles. The molecule has 0 spiro atoms. The van der Waals surface area contributed by atoms with Crippen LogP contribution in [0.3, 0.4) is 0 Å². The third-order valence-corrected chi connectivity index (χ3v) is 3.79. The van der Waals surface area contributed by atoms with Crippen LogP contribution in [0, 0.1) is 11.8 Å². The lowest BCUT2D eigenvalue weighted by atomic mass is 10.1. The molecule has 98 valence electrons. The molecule has 2 atom stereocenters. The van der Waals surface area contributed by atoms with E-state index in [9.17, 15) is 4.79 Å². The van der Waals surface area contributed by atoms with Gasteiger partial charge in [0.2, 0.25) is 0 Å². The van der Waals surface area contributed by atoms with Gasteiger partial charge in [-0.25, -0.2) is 0 Å². The zero-order valence-electron chi connectivity index (χ0n) is 11.2. The van der Waals surface area contributed by atoms with Crippen LogP contribution < -0.4 is 5.32 Å². The molecule has 1 saturated carbocycles. The summed E-state index contributed by atoms with van der Waals surface area (Å²) in [4.78, 5) is 11.8. The number of benzene rings is 1. The van der Waals surface area contributed by atoms with E-state index in [4.69, 9.17) is 0 Å². The fourth-order valence-corrected chi connectivity index (χ4v) is 2.48. The first kappa shape index (κ1) is 13.3. The van der Waals surface area contributed by atoms with Crippen molar-refractivity contribution in [2.75, 3.05) is 13.1 Å². The Morgan fingerprint density at radius 3 is 2.78 bits per heavy atom. The van der Waals surface area contributed by atoms with Crippen LogP contribution in [0.2, 0.25) is 0 Å². The molecule has 0 aromatic heterocycles. The first-order valence-corrected chi connectivity index (χ1v) is 7.10. The van der Waals surface area contributed by atoms with Crippen molar-refractivity contribution in [1.29, 1.82) is 0 Å². The van der Waals surface area contributed by atoms with Gasteiger partial charge in [0.1, 0.15) is 0 Å². The molecule has 2 rings (SSSR count). The Bertz CT molecular complexity index is 374. The lowest BCUT2D eigenvalue weighted by Crippen LogP contribution is -2.25. The van der Waals surface area contributed by atoms with E-state index >= 15 is 0 Å². The maximum Gasteiger partial charge on any atom is 0.176 e. The van der Waals surface area contributed by atoms with E-state index in [1.54, 1.807) is 0 Å². The molecule has 2 nitrogen and oxygen atoms in total. The Morgan fingerprint density at radius 1 is 1.28 bits per heavy atom. The molecule has 0 bridgehead atoms. The van der Waals surface area contributed by atoms with Crippen molar-refractivity contribution in [3.63, 3.8) is 0 Å². The number of nitrogens with one attached hydrogen (secondary N) is 1. The third-order valence-electron chi connectivity index (χ3n) is 3.79. The Labute approximate surface area is 110 Å². The molecular formula is C16H23NO. The molecule has 0 saturated heterocycles. The summed E-state index contributed by atoms with van der Waals surface area (Å²) in [5, 5.41) is 3.30. The van der Waals surface area contributed by atoms with Gasteiger partial charge in [-0.05, 0) is 24.8 Å². The van der Waals surface area contributed by atoms with Gasteiger partial charge < -0.3 is 5.32 Å². The molecule has 1 aliphatic carbocycles. The number of rotatable bonds is 8. The summed E-state index contributed by atoms with van der Waals surface area (Å²) in [5.74, 6) is 1.94. The summed E-state index contributed by atoms with van der Waals surface area (Å²) in [6, 6.07) is 9.52. The van der Waals surface area contributed by atoms with E-state index in [1.807, 2.05) is 30.3 Å². The number of hydrogen-bond acceptors (Lipinski definition) is 2. The first-order valence-electron chi connectivity index (χ1n) is 7.10. The second-order valence-electron chi connectivity index (χ2n) is 5.32. The number of ketones is 1. The molecule has 0 radical (unpaired) electrons. The molecule has 0 amide bonds. The quantitative estimate of drug-likeness (QED) is 0.712. The summed E-state index contributed by atoms with van der Waals surface area (Å²) in [6.45, 7) is 3.72. The molecule has 1 aromatic carbocycles. The highest BCUT2D eigenvalue weighted by Crippen LogP contribution is 2.41. The summed E-state index contributed by atoms with van der Waals surface area (Å²) >= 11 is 0. The molecule has 1 fully saturated rings. The third kappa shape index (κ3) is 3.95. The van der Waals surface area contributed by atoms with Crippen LogP contribution in [0.4, 0.5) is 0 Å². The summed E-state index contributed by atoms with van der Waals surface area (Å²) < 4.78 is 0. The van der Waals surface area contributed by atoms with Crippen LogP contribution in [-0.4, -0.2) is 18.9 Å². The van der Waals surface area contributed by atoms with Crippen molar-refractivity contribution < 1.29 is 4.79 Å². The number of carbonyl (C=O) groups is 1. The van der Waals surface area contributed by atoms with Crippen LogP contribution in [0.25, 0.3) is 0 Å². The van der Waals surface area contributed by atoms with Gasteiger partial charge in [-0.2, -0.15) is 0 Å². The van der Waals surface area contributed by atoms with Crippen molar-refractivity contribution in [3.05, 3.63) is 35.9 Å². The zero-order chi connectivity index (χ0) is 12.8. The molecule has 2 unspecified atom stereocenters. The van der Waals surface area contributed by atoms with E-state index in [2.05, 4.69) is 12.2 Å². The first-order chi connectivity index (χ1) is 8.81. The number of Topliss-reactive ketones (excluding diaryl/α,β-unsaturated/α-hetero) is 1. The maximum absolute atomic E-state index is 11.8. The topological polar surface area (TPSA) is 29.1 Å². The van der Waals surface area contributed by atoms with Crippen molar-refractivity contribution in [2.45, 2.75) is 32.6 Å². The van der Waals surface area contributed by atoms with Crippen LogP contribution in [0.5, 0.6) is 0 Å².